The minimum Gasteiger partial charge on any atom is -0.411 e. The number of aromatic nitrogens is 2. The number of aromatic amines is 1. The molecule has 0 aliphatic carbocycles. The fraction of sp³-hybridized carbons (Fsp3) is 0.500. The average molecular weight is 262 g/mol. The molecule has 0 aliphatic heterocycles. The Labute approximate surface area is 110 Å². The molecule has 0 aromatic carbocycles. The summed E-state index contributed by atoms with van der Waals surface area (Å²) in [6, 6.07) is 6.14. The van der Waals surface area contributed by atoms with Gasteiger partial charge in [0.2, 0.25) is 0 Å². The van der Waals surface area contributed by atoms with Crippen molar-refractivity contribution in [2.75, 3.05) is 0 Å². The van der Waals surface area contributed by atoms with E-state index in [0.29, 0.717) is 6.61 Å². The van der Waals surface area contributed by atoms with Gasteiger partial charge in [0.15, 0.2) is 8.32 Å². The van der Waals surface area contributed by atoms with Crippen LogP contribution in [-0.2, 0) is 11.0 Å². The normalized spacial score (nSPS) is 13.2. The Bertz CT molecular complexity index is 507. The van der Waals surface area contributed by atoms with E-state index in [9.17, 15) is 0 Å². The molecule has 0 saturated heterocycles. The Kier molecular flexibility index (Phi) is 3.34. The van der Waals surface area contributed by atoms with Crippen molar-refractivity contribution in [2.24, 2.45) is 0 Å². The van der Waals surface area contributed by atoms with Gasteiger partial charge in [-0.05, 0) is 36.3 Å². The third-order valence-electron chi connectivity index (χ3n) is 3.84. The lowest BCUT2D eigenvalue weighted by molar-refractivity contribution is 0.273. The van der Waals surface area contributed by atoms with E-state index in [-0.39, 0.29) is 5.04 Å². The molecular formula is C14H22N2OSi. The van der Waals surface area contributed by atoms with Crippen LogP contribution in [0.25, 0.3) is 11.0 Å². The molecule has 0 unspecified atom stereocenters. The van der Waals surface area contributed by atoms with Crippen molar-refractivity contribution in [2.45, 2.75) is 45.5 Å². The highest BCUT2D eigenvalue weighted by atomic mass is 28.4. The molecule has 0 aliphatic rings. The zero-order chi connectivity index (χ0) is 13.4. The number of H-pyrrole nitrogens is 1. The maximum atomic E-state index is 6.19. The molecule has 2 rings (SSSR count). The predicted molar refractivity (Wildman–Crippen MR) is 78.1 cm³/mol. The van der Waals surface area contributed by atoms with Crippen molar-refractivity contribution in [3.05, 3.63) is 30.1 Å². The number of rotatable bonds is 3. The smallest absolute Gasteiger partial charge is 0.192 e. The van der Waals surface area contributed by atoms with E-state index in [2.05, 4.69) is 56.0 Å². The molecule has 98 valence electrons. The summed E-state index contributed by atoms with van der Waals surface area (Å²) in [6.07, 6.45) is 1.80. The van der Waals surface area contributed by atoms with Crippen molar-refractivity contribution in [3.63, 3.8) is 0 Å². The summed E-state index contributed by atoms with van der Waals surface area (Å²) in [5.74, 6) is 0. The fourth-order valence-corrected chi connectivity index (χ4v) is 2.52. The van der Waals surface area contributed by atoms with Crippen molar-refractivity contribution >= 4 is 19.4 Å². The van der Waals surface area contributed by atoms with Crippen molar-refractivity contribution < 1.29 is 4.43 Å². The van der Waals surface area contributed by atoms with Crippen LogP contribution in [-0.4, -0.2) is 18.3 Å². The van der Waals surface area contributed by atoms with Crippen LogP contribution in [0.15, 0.2) is 24.4 Å². The first-order valence-electron chi connectivity index (χ1n) is 6.36. The molecule has 4 heteroatoms. The van der Waals surface area contributed by atoms with E-state index in [1.807, 2.05) is 6.07 Å². The van der Waals surface area contributed by atoms with Crippen LogP contribution in [0.5, 0.6) is 0 Å². The summed E-state index contributed by atoms with van der Waals surface area (Å²) < 4.78 is 6.19. The summed E-state index contributed by atoms with van der Waals surface area (Å²) in [5, 5.41) is 1.39. The molecule has 2 heterocycles. The molecule has 2 aromatic rings. The minimum atomic E-state index is -1.68. The monoisotopic (exact) mass is 262 g/mol. The van der Waals surface area contributed by atoms with Crippen molar-refractivity contribution in [1.82, 2.24) is 9.97 Å². The van der Waals surface area contributed by atoms with Gasteiger partial charge in [0.25, 0.3) is 0 Å². The fourth-order valence-electron chi connectivity index (χ4n) is 1.57. The maximum absolute atomic E-state index is 6.19. The number of pyridine rings is 1. The van der Waals surface area contributed by atoms with E-state index < -0.39 is 8.32 Å². The average Bonchev–Trinajstić information content (AvgIpc) is 2.67. The van der Waals surface area contributed by atoms with Gasteiger partial charge in [-0.2, -0.15) is 0 Å². The highest BCUT2D eigenvalue weighted by molar-refractivity contribution is 6.74. The second kappa shape index (κ2) is 4.52. The molecule has 2 aromatic heterocycles. The molecule has 0 atom stereocenters. The largest absolute Gasteiger partial charge is 0.411 e. The highest BCUT2D eigenvalue weighted by Gasteiger charge is 2.37. The first kappa shape index (κ1) is 13.3. The third kappa shape index (κ3) is 2.65. The van der Waals surface area contributed by atoms with Gasteiger partial charge in [0.1, 0.15) is 5.65 Å². The molecule has 0 spiro atoms. The molecule has 1 N–H and O–H groups in total. The number of hydrogen-bond acceptors (Lipinski definition) is 2. The molecule has 18 heavy (non-hydrogen) atoms. The quantitative estimate of drug-likeness (QED) is 0.846. The van der Waals surface area contributed by atoms with E-state index in [1.165, 1.54) is 0 Å². The SMILES string of the molecule is CC(C)(C)[Si](C)(C)OCc1cc2cccnc2[nH]1. The molecule has 3 nitrogen and oxygen atoms in total. The van der Waals surface area contributed by atoms with Crippen LogP contribution >= 0.6 is 0 Å². The predicted octanol–water partition coefficient (Wildman–Crippen LogP) is 4.08. The Morgan fingerprint density at radius 1 is 1.33 bits per heavy atom. The van der Waals surface area contributed by atoms with Gasteiger partial charge < -0.3 is 9.41 Å². The van der Waals surface area contributed by atoms with Gasteiger partial charge in [-0.25, -0.2) is 4.98 Å². The summed E-state index contributed by atoms with van der Waals surface area (Å²) in [4.78, 5) is 7.60. The van der Waals surface area contributed by atoms with Crippen molar-refractivity contribution in [3.8, 4) is 0 Å². The zero-order valence-electron chi connectivity index (χ0n) is 11.9. The second-order valence-corrected chi connectivity index (χ2v) is 11.1. The summed E-state index contributed by atoms with van der Waals surface area (Å²) in [6.45, 7) is 12.0. The number of nitrogens with one attached hydrogen (secondary N) is 1. The lowest BCUT2D eigenvalue weighted by Gasteiger charge is -2.36. The molecule has 0 saturated carbocycles. The van der Waals surface area contributed by atoms with Crippen LogP contribution in [0.2, 0.25) is 18.1 Å². The lowest BCUT2D eigenvalue weighted by Crippen LogP contribution is -2.40. The Morgan fingerprint density at radius 3 is 2.67 bits per heavy atom. The lowest BCUT2D eigenvalue weighted by atomic mass is 10.2. The van der Waals surface area contributed by atoms with Crippen LogP contribution < -0.4 is 0 Å². The molecular weight excluding hydrogens is 240 g/mol. The minimum absolute atomic E-state index is 0.247. The van der Waals surface area contributed by atoms with E-state index in [4.69, 9.17) is 4.43 Å². The summed E-state index contributed by atoms with van der Waals surface area (Å²) >= 11 is 0. The van der Waals surface area contributed by atoms with Gasteiger partial charge in [-0.15, -0.1) is 0 Å². The molecule has 0 bridgehead atoms. The van der Waals surface area contributed by atoms with E-state index in [0.717, 1.165) is 16.7 Å². The van der Waals surface area contributed by atoms with Gasteiger partial charge >= 0.3 is 0 Å². The second-order valence-electron chi connectivity index (χ2n) is 6.28. The van der Waals surface area contributed by atoms with Crippen molar-refractivity contribution in [1.29, 1.82) is 0 Å². The number of nitrogens with zero attached hydrogens (tertiary/aromatic N) is 1. The molecule has 0 radical (unpaired) electrons. The topological polar surface area (TPSA) is 37.9 Å². The van der Waals surface area contributed by atoms with E-state index in [1.54, 1.807) is 6.20 Å². The first-order chi connectivity index (χ1) is 8.29. The standard InChI is InChI=1S/C14H22N2OSi/c1-14(2,3)18(4,5)17-10-12-9-11-7-6-8-15-13(11)16-12/h6-9H,10H2,1-5H3,(H,15,16). The Hall–Kier alpha value is -1.13. The van der Waals surface area contributed by atoms with Gasteiger partial charge in [-0.1, -0.05) is 20.8 Å². The zero-order valence-corrected chi connectivity index (χ0v) is 12.9. The highest BCUT2D eigenvalue weighted by Crippen LogP contribution is 2.37. The maximum Gasteiger partial charge on any atom is 0.192 e. The van der Waals surface area contributed by atoms with Gasteiger partial charge in [0.05, 0.1) is 6.61 Å². The Balaban J connectivity index is 2.11. The Morgan fingerprint density at radius 2 is 2.06 bits per heavy atom. The first-order valence-corrected chi connectivity index (χ1v) is 9.27. The van der Waals surface area contributed by atoms with Gasteiger partial charge in [0, 0.05) is 17.3 Å². The van der Waals surface area contributed by atoms with Crippen LogP contribution in [0.1, 0.15) is 26.5 Å². The van der Waals surface area contributed by atoms with E-state index >= 15 is 0 Å². The summed E-state index contributed by atoms with van der Waals surface area (Å²) in [5.41, 5.74) is 2.04. The summed E-state index contributed by atoms with van der Waals surface area (Å²) in [7, 11) is -1.68. The van der Waals surface area contributed by atoms with Crippen LogP contribution in [0, 0.1) is 0 Å². The number of fused-ring (bicyclic) bond motifs is 1. The third-order valence-corrected chi connectivity index (χ3v) is 8.32. The molecule has 0 fully saturated rings. The molecule has 0 amide bonds. The van der Waals surface area contributed by atoms with Crippen LogP contribution in [0.3, 0.4) is 0 Å². The van der Waals surface area contributed by atoms with Gasteiger partial charge in [-0.3, -0.25) is 0 Å². The number of hydrogen-bond donors (Lipinski definition) is 1. The van der Waals surface area contributed by atoms with Crippen LogP contribution in [0.4, 0.5) is 0 Å².